The van der Waals surface area contributed by atoms with E-state index in [-0.39, 0.29) is 18.8 Å². The zero-order valence-electron chi connectivity index (χ0n) is 16.8. The highest BCUT2D eigenvalue weighted by Crippen LogP contribution is 2.26. The average molecular weight is 406 g/mol. The monoisotopic (exact) mass is 406 g/mol. The Bertz CT molecular complexity index is 758. The van der Waals surface area contributed by atoms with Crippen LogP contribution in [0.1, 0.15) is 51.2 Å². The molecule has 2 N–H and O–H groups in total. The van der Waals surface area contributed by atoms with E-state index in [9.17, 15) is 14.4 Å². The van der Waals surface area contributed by atoms with Crippen LogP contribution in [0, 0.1) is 0 Å². The Morgan fingerprint density at radius 3 is 2.41 bits per heavy atom. The summed E-state index contributed by atoms with van der Waals surface area (Å²) < 4.78 is 0. The van der Waals surface area contributed by atoms with Gasteiger partial charge in [0, 0.05) is 0 Å². The lowest BCUT2D eigenvalue weighted by molar-refractivity contribution is -0.166. The molecule has 1 aromatic rings. The van der Waals surface area contributed by atoms with Gasteiger partial charge in [0.05, 0.1) is 25.1 Å². The van der Waals surface area contributed by atoms with Crippen LogP contribution in [0.3, 0.4) is 0 Å². The first-order chi connectivity index (χ1) is 14.0. The molecule has 0 radical (unpaired) electrons. The number of para-hydroxylation sites is 1. The summed E-state index contributed by atoms with van der Waals surface area (Å²) >= 11 is 0. The Hall–Kier alpha value is -3.14. The molecule has 0 aliphatic carbocycles. The van der Waals surface area contributed by atoms with E-state index >= 15 is 0 Å². The first-order valence-electron chi connectivity index (χ1n) is 9.57. The van der Waals surface area contributed by atoms with Crippen LogP contribution in [0.15, 0.2) is 23.2 Å². The third-order valence-electron chi connectivity index (χ3n) is 4.01. The number of nitrogens with one attached hydrogen (secondary N) is 2. The summed E-state index contributed by atoms with van der Waals surface area (Å²) in [6.07, 6.45) is 1.64. The van der Waals surface area contributed by atoms with Crippen LogP contribution in [-0.2, 0) is 36.9 Å². The summed E-state index contributed by atoms with van der Waals surface area (Å²) in [5.41, 5.74) is 7.04. The second-order valence-corrected chi connectivity index (χ2v) is 6.16. The molecular weight excluding hydrogens is 380 g/mol. The number of hydrogen-bond donors (Lipinski definition) is 2. The van der Waals surface area contributed by atoms with E-state index in [1.165, 1.54) is 0 Å². The van der Waals surface area contributed by atoms with Crippen LogP contribution in [0.2, 0.25) is 0 Å². The van der Waals surface area contributed by atoms with Crippen LogP contribution in [-0.4, -0.2) is 35.6 Å². The van der Waals surface area contributed by atoms with Crippen molar-refractivity contribution < 1.29 is 28.9 Å². The lowest BCUT2D eigenvalue weighted by Crippen LogP contribution is -2.50. The van der Waals surface area contributed by atoms with E-state index in [1.807, 2.05) is 44.5 Å². The lowest BCUT2D eigenvalue weighted by atomic mass is 10.0. The number of aliphatic imine (C=N–C) groups is 1. The van der Waals surface area contributed by atoms with Crippen LogP contribution < -0.4 is 11.0 Å². The first-order valence-corrected chi connectivity index (χ1v) is 9.57. The molecule has 0 spiro atoms. The number of aryl methyl sites for hydroxylation is 2. The van der Waals surface area contributed by atoms with Gasteiger partial charge in [-0.15, -0.1) is 0 Å². The van der Waals surface area contributed by atoms with Gasteiger partial charge in [0.15, 0.2) is 0 Å². The number of carbonyl (C=O) groups is 3. The summed E-state index contributed by atoms with van der Waals surface area (Å²) in [5, 5.41) is 0.586. The van der Waals surface area contributed by atoms with E-state index in [0.29, 0.717) is 36.6 Å². The van der Waals surface area contributed by atoms with Crippen molar-refractivity contribution in [3.05, 3.63) is 29.3 Å². The maximum Gasteiger partial charge on any atom is 0.391 e. The number of urea groups is 1. The van der Waals surface area contributed by atoms with Gasteiger partial charge in [0.1, 0.15) is 0 Å². The number of amides is 2. The third-order valence-corrected chi connectivity index (χ3v) is 4.01. The highest BCUT2D eigenvalue weighted by Gasteiger charge is 2.29. The molecule has 1 aliphatic heterocycles. The van der Waals surface area contributed by atoms with Crippen LogP contribution >= 0.6 is 0 Å². The van der Waals surface area contributed by atoms with Gasteiger partial charge in [-0.25, -0.2) is 24.9 Å². The van der Waals surface area contributed by atoms with Gasteiger partial charge in [0.2, 0.25) is 0 Å². The van der Waals surface area contributed by atoms with Crippen molar-refractivity contribution in [2.45, 2.75) is 52.9 Å². The van der Waals surface area contributed by atoms with Gasteiger partial charge >= 0.3 is 18.0 Å². The van der Waals surface area contributed by atoms with E-state index in [4.69, 9.17) is 9.68 Å². The fourth-order valence-corrected chi connectivity index (χ4v) is 2.52. The number of carbonyl (C=O) groups excluding carboxylic acids is 3. The van der Waals surface area contributed by atoms with Gasteiger partial charge in [0.25, 0.3) is 5.96 Å². The molecule has 158 valence electrons. The first kappa shape index (κ1) is 22.2. The minimum atomic E-state index is -1.01. The number of benzene rings is 1. The molecule has 1 saturated heterocycles. The summed E-state index contributed by atoms with van der Waals surface area (Å²) in [5.74, 6) is -1.71. The third kappa shape index (κ3) is 6.18. The van der Waals surface area contributed by atoms with Crippen molar-refractivity contribution in [3.8, 4) is 0 Å². The highest BCUT2D eigenvalue weighted by atomic mass is 16.8. The Labute approximate surface area is 169 Å². The molecule has 0 bridgehead atoms. The smallest absolute Gasteiger partial charge is 0.339 e. The van der Waals surface area contributed by atoms with Crippen molar-refractivity contribution in [2.24, 2.45) is 4.99 Å². The normalized spacial score (nSPS) is 15.6. The van der Waals surface area contributed by atoms with Gasteiger partial charge in [-0.1, -0.05) is 44.0 Å². The molecule has 10 heteroatoms. The Balaban J connectivity index is 2.48. The van der Waals surface area contributed by atoms with Gasteiger partial charge in [-0.3, -0.25) is 4.84 Å². The number of guanidine groups is 1. The largest absolute Gasteiger partial charge is 0.391 e. The number of hydrogen-bond acceptors (Lipinski definition) is 7. The summed E-state index contributed by atoms with van der Waals surface area (Å²) in [4.78, 5) is 55.6. The minimum Gasteiger partial charge on any atom is -0.339 e. The molecule has 0 saturated carbocycles. The van der Waals surface area contributed by atoms with Crippen molar-refractivity contribution in [3.63, 3.8) is 0 Å². The zero-order valence-corrected chi connectivity index (χ0v) is 16.8. The topological polar surface area (TPSA) is 119 Å². The lowest BCUT2D eigenvalue weighted by Gasteiger charge is -2.22. The quantitative estimate of drug-likeness (QED) is 0.322. The molecule has 1 heterocycles. The predicted molar refractivity (Wildman–Crippen MR) is 103 cm³/mol. The maximum atomic E-state index is 12.5. The van der Waals surface area contributed by atoms with Gasteiger partial charge in [-0.05, 0) is 30.4 Å². The predicted octanol–water partition coefficient (Wildman–Crippen LogP) is 2.45. The molecular formula is C19H26N4O6. The molecule has 1 aliphatic rings. The molecule has 0 aromatic heterocycles. The Morgan fingerprint density at radius 1 is 1.14 bits per heavy atom. The van der Waals surface area contributed by atoms with Gasteiger partial charge < -0.3 is 9.68 Å². The second kappa shape index (κ2) is 11.0. The van der Waals surface area contributed by atoms with Crippen molar-refractivity contribution >= 4 is 29.6 Å². The standard InChI is InChI=1S/C19H26N4O6/c1-4-12-27-21-18(20-17-13(5-2)8-7-9-14(17)6-3)23-19(26)22-28-15(24)10-11-16(25)29-23/h7-9H,4-6,10-12H2,1-3H3,(H,20,21)(H,22,26). The second-order valence-electron chi connectivity index (χ2n) is 6.16. The van der Waals surface area contributed by atoms with Crippen LogP contribution in [0.4, 0.5) is 10.5 Å². The van der Waals surface area contributed by atoms with E-state index in [1.54, 1.807) is 0 Å². The summed E-state index contributed by atoms with van der Waals surface area (Å²) in [6.45, 7) is 6.21. The molecule has 2 amide bonds. The van der Waals surface area contributed by atoms with Crippen LogP contribution in [0.5, 0.6) is 0 Å². The fourth-order valence-electron chi connectivity index (χ4n) is 2.52. The number of nitrogens with zero attached hydrogens (tertiary/aromatic N) is 2. The molecule has 0 atom stereocenters. The van der Waals surface area contributed by atoms with Crippen molar-refractivity contribution in [2.75, 3.05) is 6.61 Å². The maximum absolute atomic E-state index is 12.5. The van der Waals surface area contributed by atoms with E-state index in [0.717, 1.165) is 11.1 Å². The summed E-state index contributed by atoms with van der Waals surface area (Å²) in [6, 6.07) is 4.78. The molecule has 2 rings (SSSR count). The molecule has 29 heavy (non-hydrogen) atoms. The average Bonchev–Trinajstić information content (AvgIpc) is 2.79. The zero-order chi connectivity index (χ0) is 21.2. The number of hydroxylamine groups is 4. The molecule has 0 unspecified atom stereocenters. The fraction of sp³-hybridized carbons (Fsp3) is 0.474. The van der Waals surface area contributed by atoms with E-state index < -0.39 is 18.0 Å². The highest BCUT2D eigenvalue weighted by molar-refractivity contribution is 5.97. The molecule has 10 nitrogen and oxygen atoms in total. The number of rotatable bonds is 6. The summed E-state index contributed by atoms with van der Waals surface area (Å²) in [7, 11) is 0. The minimum absolute atomic E-state index is 0.169. The Kier molecular flexibility index (Phi) is 8.41. The molecule has 1 aromatic carbocycles. The Morgan fingerprint density at radius 2 is 1.79 bits per heavy atom. The van der Waals surface area contributed by atoms with Crippen molar-refractivity contribution in [1.29, 1.82) is 0 Å². The SMILES string of the molecule is CCCONC(=Nc1c(CC)cccc1CC)N1OC(=O)CCC(=O)ONC1=O. The van der Waals surface area contributed by atoms with Crippen molar-refractivity contribution in [1.82, 2.24) is 16.0 Å². The van der Waals surface area contributed by atoms with Gasteiger partial charge in [-0.2, -0.15) is 5.48 Å². The molecule has 1 fully saturated rings. The van der Waals surface area contributed by atoms with Crippen LogP contribution in [0.25, 0.3) is 0 Å². The van der Waals surface area contributed by atoms with E-state index in [2.05, 4.69) is 15.3 Å².